The molecule has 1 N–H and O–H groups in total. The van der Waals surface area contributed by atoms with Crippen molar-refractivity contribution in [1.29, 1.82) is 0 Å². The fourth-order valence-electron chi connectivity index (χ4n) is 4.76. The first-order chi connectivity index (χ1) is 15.0. The van der Waals surface area contributed by atoms with E-state index in [0.717, 1.165) is 12.8 Å². The molecule has 162 valence electrons. The molecular formula is C27H32N2O2. The van der Waals surface area contributed by atoms with Crippen LogP contribution in [0.25, 0.3) is 11.1 Å². The monoisotopic (exact) mass is 416 g/mol. The summed E-state index contributed by atoms with van der Waals surface area (Å²) < 4.78 is 0. The zero-order chi connectivity index (χ0) is 21.8. The Balaban J connectivity index is 1.62. The third-order valence-corrected chi connectivity index (χ3v) is 6.83. The van der Waals surface area contributed by atoms with Gasteiger partial charge in [-0.15, -0.1) is 6.58 Å². The van der Waals surface area contributed by atoms with Crippen LogP contribution >= 0.6 is 0 Å². The number of carbonyl (C=O) groups is 2. The molecule has 2 aromatic rings. The van der Waals surface area contributed by atoms with Gasteiger partial charge in [0.2, 0.25) is 11.8 Å². The maximum atomic E-state index is 13.4. The molecule has 0 unspecified atom stereocenters. The highest BCUT2D eigenvalue weighted by atomic mass is 16.2. The maximum Gasteiger partial charge on any atom is 0.226 e. The molecule has 2 fully saturated rings. The van der Waals surface area contributed by atoms with Crippen molar-refractivity contribution in [3.8, 4) is 11.1 Å². The van der Waals surface area contributed by atoms with Gasteiger partial charge in [-0.2, -0.15) is 0 Å². The first-order valence-electron chi connectivity index (χ1n) is 11.4. The predicted octanol–water partition coefficient (Wildman–Crippen LogP) is 4.53. The normalized spacial score (nSPS) is 17.8. The summed E-state index contributed by atoms with van der Waals surface area (Å²) in [5.41, 5.74) is 4.30. The maximum absolute atomic E-state index is 13.4. The molecule has 1 aliphatic carbocycles. The standard InChI is InChI=1S/C27H32N2O2/c1-3-16-28-26(31)27(14-17-29(18-15-27)25(30)21-12-13-21)19-22-9-5-7-11-24(22)23-10-6-4-8-20(23)2/h3-11,21H,1,12-19H2,2H3,(H,28,31). The van der Waals surface area contributed by atoms with E-state index >= 15 is 0 Å². The second-order valence-electron chi connectivity index (χ2n) is 9.03. The second-order valence-corrected chi connectivity index (χ2v) is 9.03. The van der Waals surface area contributed by atoms with Gasteiger partial charge < -0.3 is 10.2 Å². The highest BCUT2D eigenvalue weighted by molar-refractivity contribution is 5.85. The largest absolute Gasteiger partial charge is 0.352 e. The van der Waals surface area contributed by atoms with Crippen LogP contribution < -0.4 is 5.32 Å². The Kier molecular flexibility index (Phi) is 6.26. The van der Waals surface area contributed by atoms with Crippen molar-refractivity contribution in [2.24, 2.45) is 11.3 Å². The summed E-state index contributed by atoms with van der Waals surface area (Å²) in [6, 6.07) is 16.8. The summed E-state index contributed by atoms with van der Waals surface area (Å²) >= 11 is 0. The Morgan fingerprint density at radius 1 is 1.06 bits per heavy atom. The summed E-state index contributed by atoms with van der Waals surface area (Å²) in [6.07, 6.45) is 5.81. The Labute approximate surface area is 185 Å². The number of nitrogens with one attached hydrogen (secondary N) is 1. The minimum atomic E-state index is -0.512. The zero-order valence-corrected chi connectivity index (χ0v) is 18.4. The van der Waals surface area contributed by atoms with Crippen molar-refractivity contribution in [3.63, 3.8) is 0 Å². The molecular weight excluding hydrogens is 384 g/mol. The number of likely N-dealkylation sites (tertiary alicyclic amines) is 1. The number of amides is 2. The molecule has 31 heavy (non-hydrogen) atoms. The van der Waals surface area contributed by atoms with Crippen molar-refractivity contribution in [3.05, 3.63) is 72.3 Å². The van der Waals surface area contributed by atoms with E-state index in [2.05, 4.69) is 67.4 Å². The molecule has 1 saturated heterocycles. The van der Waals surface area contributed by atoms with E-state index in [9.17, 15) is 9.59 Å². The van der Waals surface area contributed by atoms with E-state index in [1.54, 1.807) is 6.08 Å². The molecule has 0 spiro atoms. The van der Waals surface area contributed by atoms with Crippen LogP contribution in [0, 0.1) is 18.3 Å². The number of hydrogen-bond acceptors (Lipinski definition) is 2. The van der Waals surface area contributed by atoms with Crippen LogP contribution in [0.5, 0.6) is 0 Å². The van der Waals surface area contributed by atoms with Gasteiger partial charge in [-0.3, -0.25) is 9.59 Å². The lowest BCUT2D eigenvalue weighted by molar-refractivity contribution is -0.141. The molecule has 0 bridgehead atoms. The smallest absolute Gasteiger partial charge is 0.226 e. The van der Waals surface area contributed by atoms with E-state index in [0.29, 0.717) is 38.9 Å². The van der Waals surface area contributed by atoms with Crippen LogP contribution in [0.1, 0.15) is 36.8 Å². The number of benzene rings is 2. The van der Waals surface area contributed by atoms with Gasteiger partial charge >= 0.3 is 0 Å². The van der Waals surface area contributed by atoms with Crippen LogP contribution in [0.4, 0.5) is 0 Å². The van der Waals surface area contributed by atoms with E-state index in [-0.39, 0.29) is 17.7 Å². The number of piperidine rings is 1. The van der Waals surface area contributed by atoms with Gasteiger partial charge in [0.05, 0.1) is 5.41 Å². The molecule has 1 aliphatic heterocycles. The molecule has 0 radical (unpaired) electrons. The second kappa shape index (κ2) is 9.09. The topological polar surface area (TPSA) is 49.4 Å². The third-order valence-electron chi connectivity index (χ3n) is 6.83. The summed E-state index contributed by atoms with van der Waals surface area (Å²) in [6.45, 7) is 7.64. The van der Waals surface area contributed by atoms with Gasteiger partial charge in [0.15, 0.2) is 0 Å². The Morgan fingerprint density at radius 2 is 1.71 bits per heavy atom. The molecule has 4 heteroatoms. The minimum Gasteiger partial charge on any atom is -0.352 e. The number of carbonyl (C=O) groups excluding carboxylic acids is 2. The number of nitrogens with zero attached hydrogens (tertiary/aromatic N) is 1. The average molecular weight is 417 g/mol. The zero-order valence-electron chi connectivity index (χ0n) is 18.4. The van der Waals surface area contributed by atoms with Crippen LogP contribution in [-0.4, -0.2) is 36.3 Å². The van der Waals surface area contributed by atoms with Crippen molar-refractivity contribution >= 4 is 11.8 Å². The molecule has 4 rings (SSSR count). The quantitative estimate of drug-likeness (QED) is 0.675. The van der Waals surface area contributed by atoms with Gasteiger partial charge in [-0.1, -0.05) is 54.6 Å². The Bertz CT molecular complexity index is 969. The first-order valence-corrected chi connectivity index (χ1v) is 11.4. The third kappa shape index (κ3) is 4.58. The number of rotatable bonds is 7. The highest BCUT2D eigenvalue weighted by Gasteiger charge is 2.44. The summed E-state index contributed by atoms with van der Waals surface area (Å²) in [5.74, 6) is 0.579. The molecule has 2 aromatic carbocycles. The summed E-state index contributed by atoms with van der Waals surface area (Å²) in [7, 11) is 0. The van der Waals surface area contributed by atoms with E-state index in [1.165, 1.54) is 22.3 Å². The Hall–Kier alpha value is -2.88. The lowest BCUT2D eigenvalue weighted by Crippen LogP contribution is -2.51. The van der Waals surface area contributed by atoms with Crippen molar-refractivity contribution in [2.45, 2.75) is 39.0 Å². The predicted molar refractivity (Wildman–Crippen MR) is 124 cm³/mol. The van der Waals surface area contributed by atoms with Crippen LogP contribution in [0.2, 0.25) is 0 Å². The average Bonchev–Trinajstić information content (AvgIpc) is 3.64. The number of hydrogen-bond donors (Lipinski definition) is 1. The van der Waals surface area contributed by atoms with E-state index in [4.69, 9.17) is 0 Å². The number of aryl methyl sites for hydroxylation is 1. The summed E-state index contributed by atoms with van der Waals surface area (Å²) in [4.78, 5) is 27.9. The summed E-state index contributed by atoms with van der Waals surface area (Å²) in [5, 5.41) is 3.05. The van der Waals surface area contributed by atoms with Gasteiger partial charge in [0.1, 0.15) is 0 Å². The van der Waals surface area contributed by atoms with Gasteiger partial charge in [-0.25, -0.2) is 0 Å². The fourth-order valence-corrected chi connectivity index (χ4v) is 4.76. The fraction of sp³-hybridized carbons (Fsp3) is 0.407. The van der Waals surface area contributed by atoms with Crippen molar-refractivity contribution < 1.29 is 9.59 Å². The van der Waals surface area contributed by atoms with E-state index in [1.807, 2.05) is 4.90 Å². The van der Waals surface area contributed by atoms with Gasteiger partial charge in [0.25, 0.3) is 0 Å². The molecule has 1 saturated carbocycles. The lowest BCUT2D eigenvalue weighted by Gasteiger charge is -2.41. The van der Waals surface area contributed by atoms with Gasteiger partial charge in [0, 0.05) is 25.6 Å². The molecule has 0 aromatic heterocycles. The van der Waals surface area contributed by atoms with Crippen LogP contribution in [0.15, 0.2) is 61.2 Å². The molecule has 2 aliphatic rings. The molecule has 4 nitrogen and oxygen atoms in total. The van der Waals surface area contributed by atoms with Crippen LogP contribution in [-0.2, 0) is 16.0 Å². The van der Waals surface area contributed by atoms with Gasteiger partial charge in [-0.05, 0) is 61.3 Å². The molecule has 2 amide bonds. The van der Waals surface area contributed by atoms with E-state index < -0.39 is 5.41 Å². The highest BCUT2D eigenvalue weighted by Crippen LogP contribution is 2.40. The van der Waals surface area contributed by atoms with Crippen LogP contribution in [0.3, 0.4) is 0 Å². The first kappa shape index (κ1) is 21.4. The minimum absolute atomic E-state index is 0.0745. The lowest BCUT2D eigenvalue weighted by atomic mass is 9.71. The SMILES string of the molecule is C=CCNC(=O)C1(Cc2ccccc2-c2ccccc2C)CCN(C(=O)C2CC2)CC1. The Morgan fingerprint density at radius 3 is 2.35 bits per heavy atom. The molecule has 1 heterocycles. The van der Waals surface area contributed by atoms with Crippen molar-refractivity contribution in [2.75, 3.05) is 19.6 Å². The molecule has 0 atom stereocenters. The van der Waals surface area contributed by atoms with Crippen molar-refractivity contribution in [1.82, 2.24) is 10.2 Å².